The summed E-state index contributed by atoms with van der Waals surface area (Å²) in [6, 6.07) is 8.13. The largest absolute Gasteiger partial charge is 0.391 e. The van der Waals surface area contributed by atoms with Crippen LogP contribution < -0.4 is 0 Å². The number of benzene rings is 1. The molecule has 1 heterocycles. The molecule has 17 heavy (non-hydrogen) atoms. The van der Waals surface area contributed by atoms with Gasteiger partial charge in [-0.3, -0.25) is 5.10 Å². The molecule has 0 radical (unpaired) electrons. The molecular formula is C12H12BrN3O. The van der Waals surface area contributed by atoms with Gasteiger partial charge in [-0.05, 0) is 28.4 Å². The first-order valence-electron chi connectivity index (χ1n) is 5.15. The van der Waals surface area contributed by atoms with Crippen molar-refractivity contribution < 1.29 is 4.84 Å². The summed E-state index contributed by atoms with van der Waals surface area (Å²) in [4.78, 5) is 5.20. The number of aromatic nitrogens is 2. The maximum atomic E-state index is 5.20. The van der Waals surface area contributed by atoms with Gasteiger partial charge in [-0.2, -0.15) is 5.10 Å². The van der Waals surface area contributed by atoms with Gasteiger partial charge in [-0.25, -0.2) is 0 Å². The minimum Gasteiger partial charge on any atom is -0.391 e. The van der Waals surface area contributed by atoms with E-state index in [1.807, 2.05) is 12.1 Å². The van der Waals surface area contributed by atoms with E-state index in [1.165, 1.54) is 5.56 Å². The van der Waals surface area contributed by atoms with E-state index in [0.29, 0.717) is 6.61 Å². The minimum absolute atomic E-state index is 0.462. The van der Waals surface area contributed by atoms with E-state index in [-0.39, 0.29) is 0 Å². The third-order valence-electron chi connectivity index (χ3n) is 2.19. The maximum Gasteiger partial charge on any atom is 0.142 e. The number of aromatic amines is 1. The fourth-order valence-electron chi connectivity index (χ4n) is 1.38. The van der Waals surface area contributed by atoms with Crippen LogP contribution in [0.2, 0.25) is 0 Å². The molecular weight excluding hydrogens is 282 g/mol. The van der Waals surface area contributed by atoms with Gasteiger partial charge >= 0.3 is 0 Å². The summed E-state index contributed by atoms with van der Waals surface area (Å²) >= 11 is 3.33. The summed E-state index contributed by atoms with van der Waals surface area (Å²) in [6.45, 7) is 2.51. The van der Waals surface area contributed by atoms with Gasteiger partial charge in [0, 0.05) is 0 Å². The number of H-pyrrole nitrogens is 1. The second-order valence-electron chi connectivity index (χ2n) is 3.63. The number of halogens is 1. The van der Waals surface area contributed by atoms with E-state index in [4.69, 9.17) is 4.84 Å². The molecule has 0 fully saturated rings. The highest BCUT2D eigenvalue weighted by Crippen LogP contribution is 2.10. The normalized spacial score (nSPS) is 10.9. The van der Waals surface area contributed by atoms with Gasteiger partial charge in [-0.15, -0.1) is 0 Å². The first kappa shape index (κ1) is 11.9. The molecule has 1 aromatic heterocycles. The summed E-state index contributed by atoms with van der Waals surface area (Å²) in [5.41, 5.74) is 3.10. The monoisotopic (exact) mass is 293 g/mol. The number of aryl methyl sites for hydroxylation is 1. The van der Waals surface area contributed by atoms with E-state index in [2.05, 4.69) is 50.3 Å². The first-order chi connectivity index (χ1) is 8.25. The van der Waals surface area contributed by atoms with Crippen LogP contribution in [0.25, 0.3) is 0 Å². The molecule has 2 aromatic rings. The van der Waals surface area contributed by atoms with Crippen LogP contribution in [0.1, 0.15) is 16.8 Å². The van der Waals surface area contributed by atoms with Crippen molar-refractivity contribution in [2.45, 2.75) is 13.5 Å². The summed E-state index contributed by atoms with van der Waals surface area (Å²) in [5, 5.41) is 10.5. The molecule has 0 atom stereocenters. The van der Waals surface area contributed by atoms with Crippen LogP contribution in [-0.4, -0.2) is 16.4 Å². The highest BCUT2D eigenvalue weighted by atomic mass is 79.9. The Labute approximate surface area is 108 Å². The van der Waals surface area contributed by atoms with E-state index in [1.54, 1.807) is 12.4 Å². The molecule has 88 valence electrons. The molecule has 0 aliphatic rings. The Morgan fingerprint density at radius 2 is 2.41 bits per heavy atom. The summed E-state index contributed by atoms with van der Waals surface area (Å²) in [5.74, 6) is 0. The SMILES string of the molecule is Cc1cccc(CO/N=C/c2[nH]ncc2Br)c1. The van der Waals surface area contributed by atoms with Crippen LogP contribution in [0.4, 0.5) is 0 Å². The summed E-state index contributed by atoms with van der Waals surface area (Å²) < 4.78 is 0.861. The molecule has 4 nitrogen and oxygen atoms in total. The van der Waals surface area contributed by atoms with Gasteiger partial charge < -0.3 is 4.84 Å². The standard InChI is InChI=1S/C12H12BrN3O/c1-9-3-2-4-10(5-9)8-17-15-7-12-11(13)6-14-16-12/h2-7H,8H2,1H3,(H,14,16)/b15-7+. The molecule has 0 amide bonds. The van der Waals surface area contributed by atoms with E-state index in [0.717, 1.165) is 15.7 Å². The Kier molecular flexibility index (Phi) is 3.93. The van der Waals surface area contributed by atoms with Crippen LogP contribution in [-0.2, 0) is 11.4 Å². The predicted molar refractivity (Wildman–Crippen MR) is 69.8 cm³/mol. The quantitative estimate of drug-likeness (QED) is 0.696. The van der Waals surface area contributed by atoms with Crippen LogP contribution >= 0.6 is 15.9 Å². The van der Waals surface area contributed by atoms with Crippen LogP contribution in [0.15, 0.2) is 40.1 Å². The number of rotatable bonds is 4. The average Bonchev–Trinajstić information content (AvgIpc) is 2.71. The van der Waals surface area contributed by atoms with Crippen molar-refractivity contribution in [1.29, 1.82) is 0 Å². The lowest BCUT2D eigenvalue weighted by Crippen LogP contribution is -1.89. The molecule has 0 aliphatic heterocycles. The molecule has 0 spiro atoms. The Balaban J connectivity index is 1.88. The highest BCUT2D eigenvalue weighted by Gasteiger charge is 1.97. The number of oxime groups is 1. The van der Waals surface area contributed by atoms with E-state index in [9.17, 15) is 0 Å². The van der Waals surface area contributed by atoms with Crippen molar-refractivity contribution in [3.63, 3.8) is 0 Å². The lowest BCUT2D eigenvalue weighted by molar-refractivity contribution is 0.132. The van der Waals surface area contributed by atoms with Gasteiger partial charge in [0.05, 0.1) is 22.6 Å². The van der Waals surface area contributed by atoms with Crippen molar-refractivity contribution in [2.24, 2.45) is 5.16 Å². The molecule has 2 rings (SSSR count). The first-order valence-corrected chi connectivity index (χ1v) is 5.95. The fraction of sp³-hybridized carbons (Fsp3) is 0.167. The molecule has 1 N–H and O–H groups in total. The number of nitrogens with one attached hydrogen (secondary N) is 1. The zero-order valence-electron chi connectivity index (χ0n) is 9.35. The van der Waals surface area contributed by atoms with Crippen molar-refractivity contribution in [3.05, 3.63) is 51.8 Å². The lowest BCUT2D eigenvalue weighted by atomic mass is 10.1. The maximum absolute atomic E-state index is 5.20. The zero-order valence-corrected chi connectivity index (χ0v) is 10.9. The van der Waals surface area contributed by atoms with Gasteiger partial charge in [0.1, 0.15) is 6.61 Å². The Morgan fingerprint density at radius 1 is 1.53 bits per heavy atom. The van der Waals surface area contributed by atoms with Crippen molar-refractivity contribution in [3.8, 4) is 0 Å². The molecule has 0 unspecified atom stereocenters. The molecule has 1 aromatic carbocycles. The van der Waals surface area contributed by atoms with Crippen molar-refractivity contribution >= 4 is 22.1 Å². The van der Waals surface area contributed by atoms with E-state index < -0.39 is 0 Å². The predicted octanol–water partition coefficient (Wildman–Crippen LogP) is 3.03. The highest BCUT2D eigenvalue weighted by molar-refractivity contribution is 9.10. The molecule has 5 heteroatoms. The molecule has 0 aliphatic carbocycles. The Bertz CT molecular complexity index is 522. The third-order valence-corrected chi connectivity index (χ3v) is 2.82. The van der Waals surface area contributed by atoms with Crippen LogP contribution in [0, 0.1) is 6.92 Å². The molecule has 0 saturated heterocycles. The van der Waals surface area contributed by atoms with E-state index >= 15 is 0 Å². The summed E-state index contributed by atoms with van der Waals surface area (Å²) in [6.07, 6.45) is 3.26. The van der Waals surface area contributed by atoms with Crippen molar-refractivity contribution in [2.75, 3.05) is 0 Å². The second-order valence-corrected chi connectivity index (χ2v) is 4.48. The summed E-state index contributed by atoms with van der Waals surface area (Å²) in [7, 11) is 0. The van der Waals surface area contributed by atoms with Gasteiger partial charge in [0.15, 0.2) is 0 Å². The van der Waals surface area contributed by atoms with Crippen LogP contribution in [0.5, 0.6) is 0 Å². The number of nitrogens with zero attached hydrogens (tertiary/aromatic N) is 2. The third kappa shape index (κ3) is 3.42. The van der Waals surface area contributed by atoms with Gasteiger partial charge in [0.2, 0.25) is 0 Å². The van der Waals surface area contributed by atoms with Crippen molar-refractivity contribution in [1.82, 2.24) is 10.2 Å². The van der Waals surface area contributed by atoms with Gasteiger partial charge in [0.25, 0.3) is 0 Å². The smallest absolute Gasteiger partial charge is 0.142 e. The molecule has 0 saturated carbocycles. The number of hydrogen-bond donors (Lipinski definition) is 1. The topological polar surface area (TPSA) is 50.3 Å². The minimum atomic E-state index is 0.462. The Morgan fingerprint density at radius 3 is 3.12 bits per heavy atom. The van der Waals surface area contributed by atoms with Crippen LogP contribution in [0.3, 0.4) is 0 Å². The Hall–Kier alpha value is -1.62. The molecule has 0 bridgehead atoms. The lowest BCUT2D eigenvalue weighted by Gasteiger charge is -2.00. The average molecular weight is 294 g/mol. The second kappa shape index (κ2) is 5.63. The number of hydrogen-bond acceptors (Lipinski definition) is 3. The zero-order chi connectivity index (χ0) is 12.1. The fourth-order valence-corrected chi connectivity index (χ4v) is 1.67. The van der Waals surface area contributed by atoms with Gasteiger partial charge in [-0.1, -0.05) is 35.0 Å².